The van der Waals surface area contributed by atoms with E-state index < -0.39 is 0 Å². The maximum atomic E-state index is 12.3. The number of hydrogen-bond acceptors (Lipinski definition) is 1. The molecule has 0 unspecified atom stereocenters. The monoisotopic (exact) mass is 347 g/mol. The summed E-state index contributed by atoms with van der Waals surface area (Å²) in [6, 6.07) is 13.9. The van der Waals surface area contributed by atoms with Crippen LogP contribution < -0.4 is 5.32 Å². The smallest absolute Gasteiger partial charge is 0.220 e. The Bertz CT molecular complexity index is 694. The highest BCUT2D eigenvalue weighted by Crippen LogP contribution is 2.30. The zero-order chi connectivity index (χ0) is 16.2. The SMILES string of the molecule is O=C(CCc1c(Cl)cccc1Cl)N[C@@H]1CCCc2ccccc21. The van der Waals surface area contributed by atoms with Crippen LogP contribution in [0.25, 0.3) is 0 Å². The van der Waals surface area contributed by atoms with Crippen molar-refractivity contribution in [2.24, 2.45) is 0 Å². The summed E-state index contributed by atoms with van der Waals surface area (Å²) in [5.41, 5.74) is 3.44. The van der Waals surface area contributed by atoms with E-state index in [0.717, 1.165) is 24.8 Å². The van der Waals surface area contributed by atoms with Crippen LogP contribution in [0.4, 0.5) is 0 Å². The molecule has 0 radical (unpaired) electrons. The molecule has 1 N–H and O–H groups in total. The fourth-order valence-electron chi connectivity index (χ4n) is 3.18. The summed E-state index contributed by atoms with van der Waals surface area (Å²) >= 11 is 12.3. The lowest BCUT2D eigenvalue weighted by molar-refractivity contribution is -0.121. The molecule has 0 saturated heterocycles. The van der Waals surface area contributed by atoms with Crippen LogP contribution in [0, 0.1) is 0 Å². The number of benzene rings is 2. The number of hydrogen-bond donors (Lipinski definition) is 1. The van der Waals surface area contributed by atoms with Gasteiger partial charge in [0.1, 0.15) is 0 Å². The Labute approximate surface area is 146 Å². The Kier molecular flexibility index (Phi) is 5.24. The van der Waals surface area contributed by atoms with Crippen LogP contribution in [0.15, 0.2) is 42.5 Å². The molecular formula is C19H19Cl2NO. The van der Waals surface area contributed by atoms with E-state index in [9.17, 15) is 4.79 Å². The lowest BCUT2D eigenvalue weighted by atomic mass is 9.87. The highest BCUT2D eigenvalue weighted by Gasteiger charge is 2.21. The highest BCUT2D eigenvalue weighted by atomic mass is 35.5. The predicted molar refractivity (Wildman–Crippen MR) is 95.0 cm³/mol. The van der Waals surface area contributed by atoms with Crippen LogP contribution in [0.3, 0.4) is 0 Å². The zero-order valence-electron chi connectivity index (χ0n) is 12.8. The van der Waals surface area contributed by atoms with E-state index in [1.165, 1.54) is 11.1 Å². The van der Waals surface area contributed by atoms with Gasteiger partial charge in [0, 0.05) is 16.5 Å². The van der Waals surface area contributed by atoms with E-state index in [1.807, 2.05) is 12.1 Å². The molecule has 0 saturated carbocycles. The zero-order valence-corrected chi connectivity index (χ0v) is 14.3. The van der Waals surface area contributed by atoms with Crippen molar-refractivity contribution in [1.82, 2.24) is 5.32 Å². The van der Waals surface area contributed by atoms with Gasteiger partial charge in [0.2, 0.25) is 5.91 Å². The third kappa shape index (κ3) is 3.88. The van der Waals surface area contributed by atoms with E-state index in [1.54, 1.807) is 12.1 Å². The van der Waals surface area contributed by atoms with Crippen LogP contribution in [-0.2, 0) is 17.6 Å². The molecule has 1 aliphatic carbocycles. The molecule has 2 aromatic rings. The fraction of sp³-hybridized carbons (Fsp3) is 0.316. The van der Waals surface area contributed by atoms with Crippen molar-refractivity contribution in [3.8, 4) is 0 Å². The summed E-state index contributed by atoms with van der Waals surface area (Å²) in [4.78, 5) is 12.3. The predicted octanol–water partition coefficient (Wildman–Crippen LogP) is 5.12. The Hall–Kier alpha value is -1.51. The van der Waals surface area contributed by atoms with Gasteiger partial charge in [0.15, 0.2) is 0 Å². The van der Waals surface area contributed by atoms with Crippen LogP contribution >= 0.6 is 23.2 Å². The van der Waals surface area contributed by atoms with E-state index in [4.69, 9.17) is 23.2 Å². The number of nitrogens with one attached hydrogen (secondary N) is 1. The molecule has 1 aliphatic rings. The van der Waals surface area contributed by atoms with Crippen molar-refractivity contribution in [1.29, 1.82) is 0 Å². The van der Waals surface area contributed by atoms with Crippen molar-refractivity contribution in [3.63, 3.8) is 0 Å². The second-order valence-electron chi connectivity index (χ2n) is 5.91. The van der Waals surface area contributed by atoms with Crippen molar-refractivity contribution in [2.45, 2.75) is 38.1 Å². The van der Waals surface area contributed by atoms with E-state index in [0.29, 0.717) is 22.9 Å². The molecule has 0 aromatic heterocycles. The highest BCUT2D eigenvalue weighted by molar-refractivity contribution is 6.36. The van der Waals surface area contributed by atoms with Gasteiger partial charge in [-0.25, -0.2) is 0 Å². The minimum atomic E-state index is 0.0442. The van der Waals surface area contributed by atoms with E-state index in [2.05, 4.69) is 23.5 Å². The Morgan fingerprint density at radius 1 is 1.09 bits per heavy atom. The average Bonchev–Trinajstić information content (AvgIpc) is 2.55. The molecule has 0 aliphatic heterocycles. The number of carbonyl (C=O) groups is 1. The first-order valence-corrected chi connectivity index (χ1v) is 8.71. The molecule has 4 heteroatoms. The molecular weight excluding hydrogens is 329 g/mol. The molecule has 1 atom stereocenters. The van der Waals surface area contributed by atoms with Gasteiger partial charge in [0.05, 0.1) is 6.04 Å². The van der Waals surface area contributed by atoms with Crippen LogP contribution in [0.2, 0.25) is 10.0 Å². The van der Waals surface area contributed by atoms with Gasteiger partial charge in [-0.05, 0) is 54.5 Å². The fourth-order valence-corrected chi connectivity index (χ4v) is 3.77. The standard InChI is InChI=1S/C19H19Cl2NO/c20-16-8-4-9-17(21)15(16)11-12-19(23)22-18-10-3-6-13-5-1-2-7-14(13)18/h1-2,4-5,7-9,18H,3,6,10-12H2,(H,22,23)/t18-/m1/s1. The van der Waals surface area contributed by atoms with Gasteiger partial charge in [-0.3, -0.25) is 4.79 Å². The number of carbonyl (C=O) groups excluding carboxylic acids is 1. The molecule has 0 spiro atoms. The molecule has 0 bridgehead atoms. The van der Waals surface area contributed by atoms with Crippen molar-refractivity contribution in [3.05, 3.63) is 69.2 Å². The molecule has 23 heavy (non-hydrogen) atoms. The number of aryl methyl sites for hydroxylation is 1. The second kappa shape index (κ2) is 7.37. The summed E-state index contributed by atoms with van der Waals surface area (Å²) in [7, 11) is 0. The van der Waals surface area contributed by atoms with Gasteiger partial charge in [-0.15, -0.1) is 0 Å². The second-order valence-corrected chi connectivity index (χ2v) is 6.73. The average molecular weight is 348 g/mol. The molecule has 2 aromatic carbocycles. The Morgan fingerprint density at radius 2 is 1.83 bits per heavy atom. The molecule has 0 heterocycles. The first-order chi connectivity index (χ1) is 11.1. The molecule has 3 rings (SSSR count). The van der Waals surface area contributed by atoms with Crippen molar-refractivity contribution in [2.75, 3.05) is 0 Å². The van der Waals surface area contributed by atoms with E-state index in [-0.39, 0.29) is 11.9 Å². The molecule has 0 fully saturated rings. The molecule has 2 nitrogen and oxygen atoms in total. The summed E-state index contributed by atoms with van der Waals surface area (Å²) in [5.74, 6) is 0.0442. The topological polar surface area (TPSA) is 29.1 Å². The van der Waals surface area contributed by atoms with Crippen LogP contribution in [-0.4, -0.2) is 5.91 Å². The maximum absolute atomic E-state index is 12.3. The quantitative estimate of drug-likeness (QED) is 0.816. The number of rotatable bonds is 4. The van der Waals surface area contributed by atoms with Crippen molar-refractivity contribution < 1.29 is 4.79 Å². The van der Waals surface area contributed by atoms with Gasteiger partial charge < -0.3 is 5.32 Å². The Morgan fingerprint density at radius 3 is 2.61 bits per heavy atom. The van der Waals surface area contributed by atoms with Crippen LogP contribution in [0.1, 0.15) is 42.0 Å². The lowest BCUT2D eigenvalue weighted by Crippen LogP contribution is -2.31. The number of fused-ring (bicyclic) bond motifs is 1. The van der Waals surface area contributed by atoms with Gasteiger partial charge in [-0.1, -0.05) is 53.5 Å². The summed E-state index contributed by atoms with van der Waals surface area (Å²) < 4.78 is 0. The van der Waals surface area contributed by atoms with Gasteiger partial charge in [-0.2, -0.15) is 0 Å². The summed E-state index contributed by atoms with van der Waals surface area (Å²) in [5, 5.41) is 4.40. The number of amides is 1. The largest absolute Gasteiger partial charge is 0.349 e. The first-order valence-electron chi connectivity index (χ1n) is 7.95. The Balaban J connectivity index is 1.63. The summed E-state index contributed by atoms with van der Waals surface area (Å²) in [6.07, 6.45) is 4.15. The van der Waals surface area contributed by atoms with E-state index >= 15 is 0 Å². The summed E-state index contributed by atoms with van der Waals surface area (Å²) in [6.45, 7) is 0. The molecule has 120 valence electrons. The third-order valence-electron chi connectivity index (χ3n) is 4.37. The lowest BCUT2D eigenvalue weighted by Gasteiger charge is -2.26. The van der Waals surface area contributed by atoms with Crippen molar-refractivity contribution >= 4 is 29.1 Å². The maximum Gasteiger partial charge on any atom is 0.220 e. The third-order valence-corrected chi connectivity index (χ3v) is 5.08. The minimum Gasteiger partial charge on any atom is -0.349 e. The molecule has 1 amide bonds. The minimum absolute atomic E-state index is 0.0442. The number of halogens is 2. The van der Waals surface area contributed by atoms with Gasteiger partial charge in [0.25, 0.3) is 0 Å². The van der Waals surface area contributed by atoms with Gasteiger partial charge >= 0.3 is 0 Å². The normalized spacial score (nSPS) is 16.7. The van der Waals surface area contributed by atoms with Crippen LogP contribution in [0.5, 0.6) is 0 Å². The first kappa shape index (κ1) is 16.4.